The zero-order chi connectivity index (χ0) is 22.8. The lowest BCUT2D eigenvalue weighted by atomic mass is 10.2. The predicted octanol–water partition coefficient (Wildman–Crippen LogP) is 5.08. The molecule has 0 N–H and O–H groups in total. The molecular weight excluding hydrogens is 462 g/mol. The Balaban J connectivity index is 1.22. The van der Waals surface area contributed by atoms with Gasteiger partial charge in [-0.1, -0.05) is 23.9 Å². The van der Waals surface area contributed by atoms with Gasteiger partial charge in [-0.25, -0.2) is 18.7 Å². The van der Waals surface area contributed by atoms with Crippen LogP contribution in [0.3, 0.4) is 0 Å². The molecule has 0 radical (unpaired) electrons. The highest BCUT2D eigenvalue weighted by molar-refractivity contribution is 8.00. The monoisotopic (exact) mass is 482 g/mol. The summed E-state index contributed by atoms with van der Waals surface area (Å²) < 4.78 is 27.3. The van der Waals surface area contributed by atoms with Crippen molar-refractivity contribution in [2.45, 2.75) is 5.03 Å². The number of thioether (sulfide) groups is 1. The quantitative estimate of drug-likeness (QED) is 0.293. The smallest absolute Gasteiger partial charge is 0.233 e. The van der Waals surface area contributed by atoms with Crippen LogP contribution in [0.4, 0.5) is 14.5 Å². The van der Waals surface area contributed by atoms with Gasteiger partial charge in [0.05, 0.1) is 16.0 Å². The molecule has 0 saturated carbocycles. The fraction of sp³-hybridized carbons (Fsp3) is 0.208. The minimum Gasteiger partial charge on any atom is -0.368 e. The number of hydrogen-bond acceptors (Lipinski definition) is 6. The molecule has 1 saturated heterocycles. The van der Waals surface area contributed by atoms with E-state index in [-0.39, 0.29) is 17.5 Å². The molecule has 1 fully saturated rings. The van der Waals surface area contributed by atoms with Crippen molar-refractivity contribution in [1.29, 1.82) is 0 Å². The summed E-state index contributed by atoms with van der Waals surface area (Å²) in [5, 5.41) is 0.775. The normalized spacial score (nSPS) is 14.1. The molecule has 5 nitrogen and oxygen atoms in total. The topological polar surface area (TPSA) is 49.3 Å². The number of amides is 1. The Bertz CT molecular complexity index is 1270. The van der Waals surface area contributed by atoms with Crippen LogP contribution in [0.5, 0.6) is 0 Å². The van der Waals surface area contributed by atoms with Gasteiger partial charge in [0.2, 0.25) is 5.91 Å². The Morgan fingerprint density at radius 2 is 1.61 bits per heavy atom. The van der Waals surface area contributed by atoms with E-state index in [1.165, 1.54) is 42.4 Å². The Labute approximate surface area is 198 Å². The largest absolute Gasteiger partial charge is 0.368 e. The number of rotatable bonds is 5. The lowest BCUT2D eigenvalue weighted by molar-refractivity contribution is -0.128. The van der Waals surface area contributed by atoms with E-state index in [0.717, 1.165) is 31.4 Å². The zero-order valence-electron chi connectivity index (χ0n) is 17.6. The van der Waals surface area contributed by atoms with E-state index >= 15 is 0 Å². The summed E-state index contributed by atoms with van der Waals surface area (Å²) in [6.45, 7) is 2.69. The molecule has 0 aliphatic carbocycles. The summed E-state index contributed by atoms with van der Waals surface area (Å²) in [6.07, 6.45) is 1.51. The number of nitrogens with zero attached hydrogens (tertiary/aromatic N) is 4. The molecule has 5 rings (SSSR count). The summed E-state index contributed by atoms with van der Waals surface area (Å²) in [7, 11) is 0. The molecule has 2 aromatic heterocycles. The maximum absolute atomic E-state index is 13.2. The third kappa shape index (κ3) is 4.84. The molecule has 9 heteroatoms. The Morgan fingerprint density at radius 1 is 0.939 bits per heavy atom. The number of piperazine rings is 1. The van der Waals surface area contributed by atoms with Crippen molar-refractivity contribution in [1.82, 2.24) is 14.9 Å². The first-order chi connectivity index (χ1) is 16.1. The van der Waals surface area contributed by atoms with E-state index < -0.39 is 0 Å². The average Bonchev–Trinajstić information content (AvgIpc) is 3.28. The standard InChI is InChI=1S/C24H20F2N4OS2/c25-17-3-1-16(2-4-17)21-13-20-23(33-21)24(28-15-27-20)32-14-22(31)30-11-9-29(10-12-30)19-7-5-18(26)6-8-19/h1-8,13,15H,9-12,14H2. The third-order valence-electron chi connectivity index (χ3n) is 5.56. The minimum absolute atomic E-state index is 0.0702. The Morgan fingerprint density at radius 3 is 2.30 bits per heavy atom. The van der Waals surface area contributed by atoms with Gasteiger partial charge in [0.15, 0.2) is 0 Å². The van der Waals surface area contributed by atoms with Crippen LogP contribution in [-0.2, 0) is 4.79 Å². The van der Waals surface area contributed by atoms with Gasteiger partial charge < -0.3 is 9.80 Å². The van der Waals surface area contributed by atoms with Crippen LogP contribution in [0, 0.1) is 11.6 Å². The van der Waals surface area contributed by atoms with Crippen molar-refractivity contribution >= 4 is 44.9 Å². The highest BCUT2D eigenvalue weighted by Crippen LogP contribution is 2.37. The van der Waals surface area contributed by atoms with Gasteiger partial charge in [0.25, 0.3) is 0 Å². The van der Waals surface area contributed by atoms with Crippen molar-refractivity contribution in [3.63, 3.8) is 0 Å². The molecule has 1 aliphatic heterocycles. The van der Waals surface area contributed by atoms with Gasteiger partial charge in [0.1, 0.15) is 23.0 Å². The van der Waals surface area contributed by atoms with Crippen molar-refractivity contribution in [2.75, 3.05) is 36.8 Å². The van der Waals surface area contributed by atoms with Crippen molar-refractivity contribution in [3.05, 3.63) is 72.6 Å². The van der Waals surface area contributed by atoms with E-state index in [1.54, 1.807) is 35.6 Å². The molecule has 0 spiro atoms. The summed E-state index contributed by atoms with van der Waals surface area (Å²) in [4.78, 5) is 26.6. The Hall–Kier alpha value is -3.04. The molecule has 168 valence electrons. The second-order valence-corrected chi connectivity index (χ2v) is 9.66. The number of thiophene rings is 1. The van der Waals surface area contributed by atoms with Gasteiger partial charge in [-0.2, -0.15) is 0 Å². The minimum atomic E-state index is -0.270. The number of fused-ring (bicyclic) bond motifs is 1. The maximum atomic E-state index is 13.2. The number of aromatic nitrogens is 2. The molecule has 0 atom stereocenters. The lowest BCUT2D eigenvalue weighted by Gasteiger charge is -2.36. The highest BCUT2D eigenvalue weighted by Gasteiger charge is 2.22. The highest BCUT2D eigenvalue weighted by atomic mass is 32.2. The number of hydrogen-bond donors (Lipinski definition) is 0. The van der Waals surface area contributed by atoms with E-state index in [4.69, 9.17) is 0 Å². The Kier molecular flexibility index (Phi) is 6.24. The number of carbonyl (C=O) groups is 1. The van der Waals surface area contributed by atoms with E-state index in [2.05, 4.69) is 14.9 Å². The molecule has 0 unspecified atom stereocenters. The molecule has 33 heavy (non-hydrogen) atoms. The molecule has 4 aromatic rings. The molecule has 1 aliphatic rings. The van der Waals surface area contributed by atoms with E-state index in [0.29, 0.717) is 31.9 Å². The SMILES string of the molecule is O=C(CSc1ncnc2cc(-c3ccc(F)cc3)sc12)N1CCN(c2ccc(F)cc2)CC1. The predicted molar refractivity (Wildman–Crippen MR) is 129 cm³/mol. The summed E-state index contributed by atoms with van der Waals surface area (Å²) in [6, 6.07) is 14.8. The first-order valence-corrected chi connectivity index (χ1v) is 12.3. The summed E-state index contributed by atoms with van der Waals surface area (Å²) in [5.74, 6) is -0.153. The van der Waals surface area contributed by atoms with Crippen LogP contribution in [-0.4, -0.2) is 52.7 Å². The van der Waals surface area contributed by atoms with Gasteiger partial charge in [0, 0.05) is 36.7 Å². The van der Waals surface area contributed by atoms with Crippen LogP contribution in [0.1, 0.15) is 0 Å². The second kappa shape index (κ2) is 9.44. The first kappa shape index (κ1) is 21.8. The third-order valence-corrected chi connectivity index (χ3v) is 7.85. The van der Waals surface area contributed by atoms with Gasteiger partial charge in [-0.15, -0.1) is 11.3 Å². The molecular formula is C24H20F2N4OS2. The van der Waals surface area contributed by atoms with Gasteiger partial charge in [-0.05, 0) is 48.0 Å². The first-order valence-electron chi connectivity index (χ1n) is 10.5. The number of carbonyl (C=O) groups excluding carboxylic acids is 1. The number of benzene rings is 2. The number of halogens is 2. The van der Waals surface area contributed by atoms with Crippen LogP contribution in [0.15, 0.2) is 66.0 Å². The second-order valence-electron chi connectivity index (χ2n) is 7.64. The molecule has 1 amide bonds. The fourth-order valence-corrected chi connectivity index (χ4v) is 5.88. The van der Waals surface area contributed by atoms with Crippen LogP contribution < -0.4 is 4.90 Å². The average molecular weight is 483 g/mol. The molecule has 3 heterocycles. The molecule has 2 aromatic carbocycles. The van der Waals surface area contributed by atoms with Crippen molar-refractivity contribution < 1.29 is 13.6 Å². The van der Waals surface area contributed by atoms with Crippen molar-refractivity contribution in [3.8, 4) is 10.4 Å². The molecule has 0 bridgehead atoms. The number of anilines is 1. The summed E-state index contributed by atoms with van der Waals surface area (Å²) in [5.41, 5.74) is 2.71. The van der Waals surface area contributed by atoms with Crippen LogP contribution in [0.25, 0.3) is 20.7 Å². The lowest BCUT2D eigenvalue weighted by Crippen LogP contribution is -2.49. The van der Waals surface area contributed by atoms with Crippen LogP contribution >= 0.6 is 23.1 Å². The van der Waals surface area contributed by atoms with Crippen LogP contribution in [0.2, 0.25) is 0 Å². The van der Waals surface area contributed by atoms with Gasteiger partial charge >= 0.3 is 0 Å². The zero-order valence-corrected chi connectivity index (χ0v) is 19.2. The summed E-state index contributed by atoms with van der Waals surface area (Å²) >= 11 is 2.96. The van der Waals surface area contributed by atoms with Crippen molar-refractivity contribution in [2.24, 2.45) is 0 Å². The van der Waals surface area contributed by atoms with Gasteiger partial charge in [-0.3, -0.25) is 4.79 Å². The maximum Gasteiger partial charge on any atom is 0.233 e. The van der Waals surface area contributed by atoms with E-state index in [9.17, 15) is 13.6 Å². The van der Waals surface area contributed by atoms with E-state index in [1.807, 2.05) is 11.0 Å². The fourth-order valence-electron chi connectivity index (χ4n) is 3.78.